The van der Waals surface area contributed by atoms with Crippen LogP contribution in [0.25, 0.3) is 5.52 Å². The summed E-state index contributed by atoms with van der Waals surface area (Å²) in [6, 6.07) is 10.2. The fraction of sp³-hybridized carbons (Fsp3) is 0.125. The van der Waals surface area contributed by atoms with Gasteiger partial charge in [0.05, 0.1) is 5.52 Å². The first kappa shape index (κ1) is 13.9. The normalized spacial score (nSPS) is 11.0. The number of hydrogen-bond donors (Lipinski definition) is 0. The molecule has 0 aliphatic rings. The molecule has 3 rings (SSSR count). The number of aldehydes is 1. The highest BCUT2D eigenvalue weighted by atomic mass is 79.9. The molecule has 0 fully saturated rings. The third kappa shape index (κ3) is 2.88. The van der Waals surface area contributed by atoms with Gasteiger partial charge in [-0.2, -0.15) is 0 Å². The Balaban J connectivity index is 1.90. The molecule has 0 unspecified atom stereocenters. The van der Waals surface area contributed by atoms with Gasteiger partial charge in [0.2, 0.25) is 0 Å². The summed E-state index contributed by atoms with van der Waals surface area (Å²) in [5.41, 5.74) is 2.26. The average molecular weight is 347 g/mol. The standard InChI is InChI=1S/C16H12BrFN2O/c17-12-7-8-20-15(9-12)14(10-21)19-16(20)6-3-11-1-4-13(18)5-2-11/h1-2,4-5,7-10H,3,6H2. The first-order chi connectivity index (χ1) is 10.2. The van der Waals surface area contributed by atoms with Gasteiger partial charge in [-0.15, -0.1) is 0 Å². The molecule has 0 saturated heterocycles. The lowest BCUT2D eigenvalue weighted by Gasteiger charge is -2.02. The van der Waals surface area contributed by atoms with E-state index in [2.05, 4.69) is 20.9 Å². The molecular weight excluding hydrogens is 335 g/mol. The Labute approximate surface area is 129 Å². The molecule has 3 aromatic rings. The van der Waals surface area contributed by atoms with Crippen LogP contribution in [0.4, 0.5) is 4.39 Å². The van der Waals surface area contributed by atoms with Crippen molar-refractivity contribution in [2.75, 3.05) is 0 Å². The first-order valence-electron chi connectivity index (χ1n) is 6.53. The van der Waals surface area contributed by atoms with Crippen LogP contribution in [-0.4, -0.2) is 15.7 Å². The first-order valence-corrected chi connectivity index (χ1v) is 7.33. The number of carbonyl (C=O) groups is 1. The Kier molecular flexibility index (Phi) is 3.84. The fourth-order valence-electron chi connectivity index (χ4n) is 2.32. The molecule has 0 saturated carbocycles. The van der Waals surface area contributed by atoms with Crippen LogP contribution in [0, 0.1) is 5.82 Å². The lowest BCUT2D eigenvalue weighted by atomic mass is 10.1. The van der Waals surface area contributed by atoms with Gasteiger partial charge in [-0.05, 0) is 36.2 Å². The summed E-state index contributed by atoms with van der Waals surface area (Å²) in [4.78, 5) is 15.5. The topological polar surface area (TPSA) is 34.4 Å². The third-order valence-electron chi connectivity index (χ3n) is 3.37. The quantitative estimate of drug-likeness (QED) is 0.672. The number of nitrogens with zero attached hydrogens (tertiary/aromatic N) is 2. The van der Waals surface area contributed by atoms with Crippen molar-refractivity contribution in [3.8, 4) is 0 Å². The Morgan fingerprint density at radius 3 is 2.67 bits per heavy atom. The van der Waals surface area contributed by atoms with Crippen LogP contribution in [-0.2, 0) is 12.8 Å². The van der Waals surface area contributed by atoms with Gasteiger partial charge in [0.1, 0.15) is 17.3 Å². The van der Waals surface area contributed by atoms with Gasteiger partial charge >= 0.3 is 0 Å². The molecule has 21 heavy (non-hydrogen) atoms. The number of fused-ring (bicyclic) bond motifs is 1. The molecule has 0 aliphatic carbocycles. The highest BCUT2D eigenvalue weighted by molar-refractivity contribution is 9.10. The number of halogens is 2. The molecule has 0 spiro atoms. The van der Waals surface area contributed by atoms with Crippen LogP contribution in [0.2, 0.25) is 0 Å². The summed E-state index contributed by atoms with van der Waals surface area (Å²) in [7, 11) is 0. The summed E-state index contributed by atoms with van der Waals surface area (Å²) in [6.45, 7) is 0. The Morgan fingerprint density at radius 2 is 1.95 bits per heavy atom. The lowest BCUT2D eigenvalue weighted by molar-refractivity contribution is 0.112. The Bertz CT molecular complexity index is 796. The van der Waals surface area contributed by atoms with E-state index in [0.29, 0.717) is 12.1 Å². The second kappa shape index (κ2) is 5.77. The lowest BCUT2D eigenvalue weighted by Crippen LogP contribution is -1.98. The van der Waals surface area contributed by atoms with Crippen molar-refractivity contribution in [1.29, 1.82) is 0 Å². The molecule has 0 aliphatic heterocycles. The van der Waals surface area contributed by atoms with Crippen LogP contribution >= 0.6 is 15.9 Å². The van der Waals surface area contributed by atoms with Crippen LogP contribution in [0.3, 0.4) is 0 Å². The zero-order chi connectivity index (χ0) is 14.8. The molecule has 106 valence electrons. The predicted octanol–water partition coefficient (Wildman–Crippen LogP) is 3.83. The number of rotatable bonds is 4. The molecule has 0 atom stereocenters. The number of carbonyl (C=O) groups excluding carboxylic acids is 1. The second-order valence-corrected chi connectivity index (χ2v) is 5.67. The van der Waals surface area contributed by atoms with Gasteiger partial charge in [0, 0.05) is 17.1 Å². The van der Waals surface area contributed by atoms with Crippen molar-refractivity contribution in [2.45, 2.75) is 12.8 Å². The van der Waals surface area contributed by atoms with Crippen LogP contribution in [0.1, 0.15) is 21.9 Å². The largest absolute Gasteiger partial charge is 0.303 e. The summed E-state index contributed by atoms with van der Waals surface area (Å²) >= 11 is 3.39. The van der Waals surface area contributed by atoms with E-state index < -0.39 is 0 Å². The molecule has 1 aromatic carbocycles. The van der Waals surface area contributed by atoms with Crippen molar-refractivity contribution in [3.05, 3.63) is 70.0 Å². The maximum absolute atomic E-state index is 12.9. The minimum atomic E-state index is -0.238. The highest BCUT2D eigenvalue weighted by Crippen LogP contribution is 2.18. The van der Waals surface area contributed by atoms with Gasteiger partial charge in [-0.3, -0.25) is 4.79 Å². The molecule has 0 radical (unpaired) electrons. The second-order valence-electron chi connectivity index (χ2n) is 4.76. The molecule has 0 N–H and O–H groups in total. The molecule has 0 bridgehead atoms. The molecule has 2 aromatic heterocycles. The van der Waals surface area contributed by atoms with E-state index >= 15 is 0 Å². The molecular formula is C16H12BrFN2O. The maximum atomic E-state index is 12.9. The summed E-state index contributed by atoms with van der Waals surface area (Å²) < 4.78 is 15.7. The molecule has 0 amide bonds. The SMILES string of the molecule is O=Cc1nc(CCc2ccc(F)cc2)n2ccc(Br)cc12. The van der Waals surface area contributed by atoms with Crippen molar-refractivity contribution < 1.29 is 9.18 Å². The smallest absolute Gasteiger partial charge is 0.170 e. The number of aryl methyl sites for hydroxylation is 2. The van der Waals surface area contributed by atoms with Crippen molar-refractivity contribution >= 4 is 27.7 Å². The van der Waals surface area contributed by atoms with E-state index in [4.69, 9.17) is 0 Å². The summed E-state index contributed by atoms with van der Waals surface area (Å²) in [6.07, 6.45) is 4.08. The highest BCUT2D eigenvalue weighted by Gasteiger charge is 2.10. The third-order valence-corrected chi connectivity index (χ3v) is 3.86. The van der Waals surface area contributed by atoms with E-state index in [1.165, 1.54) is 12.1 Å². The van der Waals surface area contributed by atoms with Crippen LogP contribution in [0.5, 0.6) is 0 Å². The molecule has 5 heteroatoms. The summed E-state index contributed by atoms with van der Waals surface area (Å²) in [5, 5.41) is 0. The van der Waals surface area contributed by atoms with Crippen LogP contribution in [0.15, 0.2) is 47.1 Å². The van der Waals surface area contributed by atoms with E-state index in [-0.39, 0.29) is 5.82 Å². The monoisotopic (exact) mass is 346 g/mol. The fourth-order valence-corrected chi connectivity index (χ4v) is 2.65. The van der Waals surface area contributed by atoms with Crippen LogP contribution < -0.4 is 0 Å². The number of aromatic nitrogens is 2. The minimum Gasteiger partial charge on any atom is -0.303 e. The number of hydrogen-bond acceptors (Lipinski definition) is 2. The van der Waals surface area contributed by atoms with Crippen molar-refractivity contribution in [3.63, 3.8) is 0 Å². The number of pyridine rings is 1. The molecule has 2 heterocycles. The summed E-state index contributed by atoms with van der Waals surface area (Å²) in [5.74, 6) is 0.585. The maximum Gasteiger partial charge on any atom is 0.170 e. The number of imidazole rings is 1. The molecule has 3 nitrogen and oxygen atoms in total. The number of benzene rings is 1. The predicted molar refractivity (Wildman–Crippen MR) is 82.1 cm³/mol. The van der Waals surface area contributed by atoms with E-state index in [1.54, 1.807) is 12.1 Å². The van der Waals surface area contributed by atoms with Gasteiger partial charge in [-0.25, -0.2) is 9.37 Å². The Morgan fingerprint density at radius 1 is 1.19 bits per heavy atom. The minimum absolute atomic E-state index is 0.238. The van der Waals surface area contributed by atoms with Gasteiger partial charge in [0.25, 0.3) is 0 Å². The average Bonchev–Trinajstić information content (AvgIpc) is 2.84. The zero-order valence-corrected chi connectivity index (χ0v) is 12.7. The van der Waals surface area contributed by atoms with E-state index in [0.717, 1.165) is 34.1 Å². The Hall–Kier alpha value is -2.01. The van der Waals surface area contributed by atoms with Crippen molar-refractivity contribution in [1.82, 2.24) is 9.38 Å². The van der Waals surface area contributed by atoms with E-state index in [9.17, 15) is 9.18 Å². The zero-order valence-electron chi connectivity index (χ0n) is 11.1. The van der Waals surface area contributed by atoms with Gasteiger partial charge in [0.15, 0.2) is 6.29 Å². The van der Waals surface area contributed by atoms with Gasteiger partial charge in [-0.1, -0.05) is 28.1 Å². The van der Waals surface area contributed by atoms with E-state index in [1.807, 2.05) is 22.7 Å². The van der Waals surface area contributed by atoms with Gasteiger partial charge < -0.3 is 4.40 Å². The van der Waals surface area contributed by atoms with Crippen molar-refractivity contribution in [2.24, 2.45) is 0 Å².